The molecule has 174 valence electrons. The van der Waals surface area contributed by atoms with Gasteiger partial charge in [0.15, 0.2) is 4.77 Å². The van der Waals surface area contributed by atoms with Gasteiger partial charge in [0.05, 0.1) is 22.1 Å². The summed E-state index contributed by atoms with van der Waals surface area (Å²) in [5.74, 6) is 1.35. The lowest BCUT2D eigenvalue weighted by atomic mass is 10.2. The third kappa shape index (κ3) is 3.71. The molecule has 8 heteroatoms. The molecule has 1 fully saturated rings. The van der Waals surface area contributed by atoms with Gasteiger partial charge in [-0.05, 0) is 55.7 Å². The van der Waals surface area contributed by atoms with Crippen LogP contribution in [0.2, 0.25) is 0 Å². The van der Waals surface area contributed by atoms with Gasteiger partial charge >= 0.3 is 0 Å². The highest BCUT2D eigenvalue weighted by Gasteiger charge is 2.21. The SMILES string of the molecule is CN1CCN(c2nc(-n3c(=S)n(-c4ccccc4)c(=O)c4ccccc43)nc3ccccc23)CC1. The molecule has 1 aliphatic heterocycles. The topological polar surface area (TPSA) is 59.2 Å². The van der Waals surface area contributed by atoms with Gasteiger partial charge in [-0.15, -0.1) is 0 Å². The van der Waals surface area contributed by atoms with E-state index in [9.17, 15) is 4.79 Å². The summed E-state index contributed by atoms with van der Waals surface area (Å²) < 4.78 is 3.72. The van der Waals surface area contributed by atoms with Gasteiger partial charge in [0.1, 0.15) is 5.82 Å². The van der Waals surface area contributed by atoms with Crippen LogP contribution in [0.15, 0.2) is 83.7 Å². The number of para-hydroxylation sites is 3. The first-order valence-electron chi connectivity index (χ1n) is 11.6. The number of anilines is 1. The fraction of sp³-hybridized carbons (Fsp3) is 0.185. The van der Waals surface area contributed by atoms with Gasteiger partial charge in [-0.3, -0.25) is 13.9 Å². The van der Waals surface area contributed by atoms with Gasteiger partial charge in [0, 0.05) is 31.6 Å². The van der Waals surface area contributed by atoms with Crippen molar-refractivity contribution in [2.75, 3.05) is 38.1 Å². The molecule has 0 amide bonds. The summed E-state index contributed by atoms with van der Waals surface area (Å²) in [6, 6.07) is 25.0. The van der Waals surface area contributed by atoms with Crippen molar-refractivity contribution in [3.63, 3.8) is 0 Å². The molecule has 5 aromatic rings. The summed E-state index contributed by atoms with van der Waals surface area (Å²) >= 11 is 5.93. The Kier molecular flexibility index (Phi) is 5.39. The summed E-state index contributed by atoms with van der Waals surface area (Å²) in [6.45, 7) is 3.70. The largest absolute Gasteiger partial charge is 0.353 e. The summed E-state index contributed by atoms with van der Waals surface area (Å²) in [5.41, 5.74) is 2.08. The highest BCUT2D eigenvalue weighted by Crippen LogP contribution is 2.27. The Morgan fingerprint density at radius 2 is 1.40 bits per heavy atom. The number of rotatable bonds is 3. The van der Waals surface area contributed by atoms with Crippen molar-refractivity contribution in [3.8, 4) is 11.6 Å². The Balaban J connectivity index is 1.67. The predicted octanol–water partition coefficient (Wildman–Crippen LogP) is 4.21. The lowest BCUT2D eigenvalue weighted by Crippen LogP contribution is -2.45. The van der Waals surface area contributed by atoms with Crippen LogP contribution in [0.25, 0.3) is 33.4 Å². The van der Waals surface area contributed by atoms with Crippen LogP contribution in [0.4, 0.5) is 5.82 Å². The van der Waals surface area contributed by atoms with Gasteiger partial charge < -0.3 is 9.80 Å². The summed E-state index contributed by atoms with van der Waals surface area (Å²) in [4.78, 5) is 28.1. The molecule has 3 aromatic carbocycles. The van der Waals surface area contributed by atoms with Gasteiger partial charge in [-0.1, -0.05) is 42.5 Å². The molecular formula is C27H24N6OS. The molecule has 2 aromatic heterocycles. The molecule has 0 aliphatic carbocycles. The Hall–Kier alpha value is -3.88. The van der Waals surface area contributed by atoms with Crippen LogP contribution in [0.1, 0.15) is 0 Å². The van der Waals surface area contributed by atoms with E-state index in [1.807, 2.05) is 77.4 Å². The average molecular weight is 481 g/mol. The van der Waals surface area contributed by atoms with Crippen LogP contribution < -0.4 is 10.5 Å². The van der Waals surface area contributed by atoms with E-state index in [1.165, 1.54) is 0 Å². The van der Waals surface area contributed by atoms with E-state index in [2.05, 4.69) is 22.9 Å². The molecule has 1 saturated heterocycles. The first-order chi connectivity index (χ1) is 17.1. The number of aromatic nitrogens is 4. The van der Waals surface area contributed by atoms with Crippen LogP contribution >= 0.6 is 12.2 Å². The summed E-state index contributed by atoms with van der Waals surface area (Å²) in [6.07, 6.45) is 0. The molecule has 7 nitrogen and oxygen atoms in total. The van der Waals surface area contributed by atoms with Crippen LogP contribution in [0.5, 0.6) is 0 Å². The zero-order chi connectivity index (χ0) is 23.9. The monoisotopic (exact) mass is 480 g/mol. The maximum absolute atomic E-state index is 13.5. The van der Waals surface area contributed by atoms with Crippen molar-refractivity contribution in [3.05, 3.63) is 94.0 Å². The van der Waals surface area contributed by atoms with E-state index in [0.717, 1.165) is 42.9 Å². The lowest BCUT2D eigenvalue weighted by molar-refractivity contribution is 0.312. The van der Waals surface area contributed by atoms with Crippen molar-refractivity contribution in [1.29, 1.82) is 0 Å². The van der Waals surface area contributed by atoms with Crippen LogP contribution in [0.3, 0.4) is 0 Å². The quantitative estimate of drug-likeness (QED) is 0.361. The van der Waals surface area contributed by atoms with Crippen LogP contribution in [-0.4, -0.2) is 57.2 Å². The molecular weight excluding hydrogens is 456 g/mol. The normalized spacial score (nSPS) is 14.6. The number of benzene rings is 3. The van der Waals surface area contributed by atoms with Gasteiger partial charge in [-0.2, -0.15) is 4.98 Å². The second kappa shape index (κ2) is 8.72. The molecule has 0 saturated carbocycles. The van der Waals surface area contributed by atoms with Crippen molar-refractivity contribution in [2.45, 2.75) is 0 Å². The van der Waals surface area contributed by atoms with Gasteiger partial charge in [-0.25, -0.2) is 4.98 Å². The Morgan fingerprint density at radius 3 is 2.17 bits per heavy atom. The minimum atomic E-state index is -0.159. The second-order valence-corrected chi connectivity index (χ2v) is 9.13. The first-order valence-corrected chi connectivity index (χ1v) is 12.1. The minimum Gasteiger partial charge on any atom is -0.353 e. The molecule has 0 N–H and O–H groups in total. The standard InChI is InChI=1S/C27H24N6OS/c1-30-15-17-31(18-16-30)24-20-11-5-7-13-22(20)28-26(29-24)33-23-14-8-6-12-21(23)25(34)32(27(33)35)19-9-3-2-4-10-19/h2-14H,15-18H2,1H3. The van der Waals surface area contributed by atoms with Crippen molar-refractivity contribution < 1.29 is 0 Å². The predicted molar refractivity (Wildman–Crippen MR) is 143 cm³/mol. The zero-order valence-corrected chi connectivity index (χ0v) is 20.2. The fourth-order valence-electron chi connectivity index (χ4n) is 4.67. The van der Waals surface area contributed by atoms with Crippen molar-refractivity contribution >= 4 is 39.8 Å². The molecule has 0 bridgehead atoms. The first kappa shape index (κ1) is 21.6. The van der Waals surface area contributed by atoms with E-state index >= 15 is 0 Å². The van der Waals surface area contributed by atoms with Crippen molar-refractivity contribution in [1.82, 2.24) is 24.0 Å². The van der Waals surface area contributed by atoms with E-state index in [1.54, 1.807) is 4.57 Å². The lowest BCUT2D eigenvalue weighted by Gasteiger charge is -2.34. The molecule has 0 atom stereocenters. The summed E-state index contributed by atoms with van der Waals surface area (Å²) in [7, 11) is 2.14. The highest BCUT2D eigenvalue weighted by atomic mass is 32.1. The van der Waals surface area contributed by atoms with Crippen LogP contribution in [0, 0.1) is 4.77 Å². The maximum Gasteiger partial charge on any atom is 0.266 e. The van der Waals surface area contributed by atoms with Gasteiger partial charge in [0.25, 0.3) is 5.56 Å². The number of piperazine rings is 1. The molecule has 0 spiro atoms. The smallest absolute Gasteiger partial charge is 0.266 e. The molecule has 3 heterocycles. The van der Waals surface area contributed by atoms with Gasteiger partial charge in [0.2, 0.25) is 5.95 Å². The number of fused-ring (bicyclic) bond motifs is 2. The Labute approximate surface area is 207 Å². The maximum atomic E-state index is 13.5. The molecule has 0 unspecified atom stereocenters. The Morgan fingerprint density at radius 1 is 0.743 bits per heavy atom. The van der Waals surface area contributed by atoms with E-state index in [0.29, 0.717) is 27.3 Å². The number of hydrogen-bond donors (Lipinski definition) is 0. The number of nitrogens with zero attached hydrogens (tertiary/aromatic N) is 6. The summed E-state index contributed by atoms with van der Waals surface area (Å²) in [5, 5.41) is 1.57. The van der Waals surface area contributed by atoms with E-state index < -0.39 is 0 Å². The fourth-order valence-corrected chi connectivity index (χ4v) is 5.03. The third-order valence-electron chi connectivity index (χ3n) is 6.55. The molecule has 0 radical (unpaired) electrons. The van der Waals surface area contributed by atoms with Crippen LogP contribution in [-0.2, 0) is 0 Å². The van der Waals surface area contributed by atoms with E-state index in [-0.39, 0.29) is 5.56 Å². The molecule has 1 aliphatic rings. The Bertz CT molecular complexity index is 1670. The molecule has 6 rings (SSSR count). The average Bonchev–Trinajstić information content (AvgIpc) is 2.89. The molecule has 35 heavy (non-hydrogen) atoms. The van der Waals surface area contributed by atoms with E-state index in [4.69, 9.17) is 22.2 Å². The minimum absolute atomic E-state index is 0.159. The number of likely N-dealkylation sites (N-methyl/N-ethyl adjacent to an activating group) is 1. The van der Waals surface area contributed by atoms with Crippen molar-refractivity contribution in [2.24, 2.45) is 0 Å². The third-order valence-corrected chi connectivity index (χ3v) is 6.91. The second-order valence-electron chi connectivity index (χ2n) is 8.77. The zero-order valence-electron chi connectivity index (χ0n) is 19.3. The number of hydrogen-bond acceptors (Lipinski definition) is 6. The highest BCUT2D eigenvalue weighted by molar-refractivity contribution is 7.71.